The quantitative estimate of drug-likeness (QED) is 0.766. The largest absolute Gasteiger partial charge is 0.494 e. The second-order valence-electron chi connectivity index (χ2n) is 4.89. The van der Waals surface area contributed by atoms with Crippen LogP contribution in [0.3, 0.4) is 0 Å². The molecule has 106 valence electrons. The molecule has 3 heteroatoms. The van der Waals surface area contributed by atoms with Gasteiger partial charge in [-0.05, 0) is 42.7 Å². The Kier molecular flexibility index (Phi) is 5.42. The highest BCUT2D eigenvalue weighted by molar-refractivity contribution is 5.48. The number of pyridine rings is 1. The van der Waals surface area contributed by atoms with Gasteiger partial charge in [0, 0.05) is 12.7 Å². The van der Waals surface area contributed by atoms with E-state index in [-0.39, 0.29) is 0 Å². The van der Waals surface area contributed by atoms with Crippen LogP contribution >= 0.6 is 0 Å². The molecule has 0 radical (unpaired) electrons. The van der Waals surface area contributed by atoms with Gasteiger partial charge in [-0.2, -0.15) is 0 Å². The van der Waals surface area contributed by atoms with Crippen molar-refractivity contribution in [3.05, 3.63) is 53.9 Å². The highest BCUT2D eigenvalue weighted by Crippen LogP contribution is 2.16. The van der Waals surface area contributed by atoms with Crippen LogP contribution in [0.2, 0.25) is 0 Å². The highest BCUT2D eigenvalue weighted by Gasteiger charge is 1.99. The summed E-state index contributed by atoms with van der Waals surface area (Å²) < 4.78 is 5.65. The van der Waals surface area contributed by atoms with Crippen molar-refractivity contribution in [2.24, 2.45) is 0 Å². The van der Waals surface area contributed by atoms with E-state index in [2.05, 4.69) is 36.3 Å². The predicted molar refractivity (Wildman–Crippen MR) is 83.1 cm³/mol. The lowest BCUT2D eigenvalue weighted by Crippen LogP contribution is -2.02. The van der Waals surface area contributed by atoms with E-state index in [0.29, 0.717) is 0 Å². The van der Waals surface area contributed by atoms with Crippen molar-refractivity contribution in [2.45, 2.75) is 33.2 Å². The summed E-state index contributed by atoms with van der Waals surface area (Å²) in [7, 11) is 0. The molecule has 0 amide bonds. The van der Waals surface area contributed by atoms with Gasteiger partial charge in [-0.25, -0.2) is 0 Å². The third kappa shape index (κ3) is 4.26. The number of aryl methyl sites for hydroxylation is 1. The second-order valence-corrected chi connectivity index (χ2v) is 4.89. The van der Waals surface area contributed by atoms with Gasteiger partial charge in [0.1, 0.15) is 5.75 Å². The average Bonchev–Trinajstić information content (AvgIpc) is 2.48. The Morgan fingerprint density at radius 2 is 1.95 bits per heavy atom. The molecular weight excluding hydrogens is 248 g/mol. The fraction of sp³-hybridized carbons (Fsp3) is 0.353. The topological polar surface area (TPSA) is 34.1 Å². The number of unbranched alkanes of at least 4 members (excludes halogenated alkanes) is 1. The molecule has 3 nitrogen and oxygen atoms in total. The van der Waals surface area contributed by atoms with E-state index in [1.165, 1.54) is 11.1 Å². The molecule has 0 aliphatic rings. The summed E-state index contributed by atoms with van der Waals surface area (Å²) in [5.74, 6) is 0.944. The summed E-state index contributed by atoms with van der Waals surface area (Å²) in [5, 5.41) is 3.40. The van der Waals surface area contributed by atoms with Crippen molar-refractivity contribution in [3.63, 3.8) is 0 Å². The van der Waals surface area contributed by atoms with Gasteiger partial charge in [-0.15, -0.1) is 0 Å². The molecule has 1 aromatic carbocycles. The lowest BCUT2D eigenvalue weighted by atomic mass is 10.2. The summed E-state index contributed by atoms with van der Waals surface area (Å²) in [6.45, 7) is 5.83. The van der Waals surface area contributed by atoms with Crippen LogP contribution in [0.25, 0.3) is 0 Å². The predicted octanol–water partition coefficient (Wildman–Crippen LogP) is 4.18. The van der Waals surface area contributed by atoms with Crippen LogP contribution < -0.4 is 10.1 Å². The van der Waals surface area contributed by atoms with E-state index in [1.807, 2.05) is 30.6 Å². The lowest BCUT2D eigenvalue weighted by Gasteiger charge is -2.10. The SMILES string of the molecule is CCCCOc1ccc(CNc2cnccc2C)cc1. The Morgan fingerprint density at radius 1 is 1.15 bits per heavy atom. The van der Waals surface area contributed by atoms with Crippen molar-refractivity contribution in [1.82, 2.24) is 4.98 Å². The second kappa shape index (κ2) is 7.53. The van der Waals surface area contributed by atoms with E-state index in [0.717, 1.165) is 37.4 Å². The zero-order valence-electron chi connectivity index (χ0n) is 12.2. The van der Waals surface area contributed by atoms with Gasteiger partial charge in [0.15, 0.2) is 0 Å². The first-order chi connectivity index (χ1) is 9.79. The molecule has 0 saturated carbocycles. The lowest BCUT2D eigenvalue weighted by molar-refractivity contribution is 0.309. The smallest absolute Gasteiger partial charge is 0.119 e. The molecule has 0 aliphatic carbocycles. The van der Waals surface area contributed by atoms with Gasteiger partial charge in [0.05, 0.1) is 18.5 Å². The molecule has 0 atom stereocenters. The molecule has 0 unspecified atom stereocenters. The highest BCUT2D eigenvalue weighted by atomic mass is 16.5. The number of nitrogens with zero attached hydrogens (tertiary/aromatic N) is 1. The van der Waals surface area contributed by atoms with E-state index in [4.69, 9.17) is 4.74 Å². The van der Waals surface area contributed by atoms with Gasteiger partial charge < -0.3 is 10.1 Å². The molecule has 1 N–H and O–H groups in total. The molecule has 2 aromatic rings. The van der Waals surface area contributed by atoms with Gasteiger partial charge in [0.2, 0.25) is 0 Å². The van der Waals surface area contributed by atoms with Crippen LogP contribution in [0, 0.1) is 6.92 Å². The molecule has 0 aliphatic heterocycles. The fourth-order valence-electron chi connectivity index (χ4n) is 1.88. The number of aromatic nitrogens is 1. The first kappa shape index (κ1) is 14.4. The molecular formula is C17H22N2O. The summed E-state index contributed by atoms with van der Waals surface area (Å²) in [6, 6.07) is 10.3. The monoisotopic (exact) mass is 270 g/mol. The van der Waals surface area contributed by atoms with Crippen LogP contribution in [0.1, 0.15) is 30.9 Å². The van der Waals surface area contributed by atoms with Crippen molar-refractivity contribution < 1.29 is 4.74 Å². The minimum absolute atomic E-state index is 0.793. The van der Waals surface area contributed by atoms with Gasteiger partial charge in [0.25, 0.3) is 0 Å². The summed E-state index contributed by atoms with van der Waals surface area (Å²) in [4.78, 5) is 4.13. The maximum Gasteiger partial charge on any atom is 0.119 e. The maximum atomic E-state index is 5.65. The molecule has 2 rings (SSSR count). The van der Waals surface area contributed by atoms with Crippen molar-refractivity contribution in [2.75, 3.05) is 11.9 Å². The number of benzene rings is 1. The molecule has 20 heavy (non-hydrogen) atoms. The Hall–Kier alpha value is -2.03. The number of rotatable bonds is 7. The fourth-order valence-corrected chi connectivity index (χ4v) is 1.88. The van der Waals surface area contributed by atoms with Gasteiger partial charge >= 0.3 is 0 Å². The van der Waals surface area contributed by atoms with Gasteiger partial charge in [-0.3, -0.25) is 4.98 Å². The van der Waals surface area contributed by atoms with Crippen LogP contribution in [0.5, 0.6) is 5.75 Å². The number of nitrogens with one attached hydrogen (secondary N) is 1. The number of ether oxygens (including phenoxy) is 1. The number of anilines is 1. The van der Waals surface area contributed by atoms with E-state index in [1.54, 1.807) is 0 Å². The standard InChI is InChI=1S/C17H22N2O/c1-3-4-11-20-16-7-5-15(6-8-16)12-19-17-13-18-10-9-14(17)2/h5-10,13,19H,3-4,11-12H2,1-2H3. The van der Waals surface area contributed by atoms with Crippen LogP contribution in [0.15, 0.2) is 42.7 Å². The van der Waals surface area contributed by atoms with Crippen molar-refractivity contribution in [3.8, 4) is 5.75 Å². The zero-order chi connectivity index (χ0) is 14.2. The molecule has 0 spiro atoms. The molecule has 1 aromatic heterocycles. The third-order valence-corrected chi connectivity index (χ3v) is 3.21. The molecule has 1 heterocycles. The van der Waals surface area contributed by atoms with Crippen LogP contribution in [-0.4, -0.2) is 11.6 Å². The van der Waals surface area contributed by atoms with Crippen LogP contribution in [-0.2, 0) is 6.54 Å². The Balaban J connectivity index is 1.86. The maximum absolute atomic E-state index is 5.65. The third-order valence-electron chi connectivity index (χ3n) is 3.21. The summed E-state index contributed by atoms with van der Waals surface area (Å²) >= 11 is 0. The van der Waals surface area contributed by atoms with E-state index in [9.17, 15) is 0 Å². The first-order valence-electron chi connectivity index (χ1n) is 7.16. The average molecular weight is 270 g/mol. The minimum atomic E-state index is 0.793. The van der Waals surface area contributed by atoms with Crippen molar-refractivity contribution >= 4 is 5.69 Å². The molecule has 0 saturated heterocycles. The van der Waals surface area contributed by atoms with E-state index >= 15 is 0 Å². The van der Waals surface area contributed by atoms with Gasteiger partial charge in [-0.1, -0.05) is 25.5 Å². The molecule has 0 fully saturated rings. The normalized spacial score (nSPS) is 10.3. The minimum Gasteiger partial charge on any atom is -0.494 e. The van der Waals surface area contributed by atoms with Crippen LogP contribution in [0.4, 0.5) is 5.69 Å². The Labute approximate surface area is 121 Å². The van der Waals surface area contributed by atoms with E-state index < -0.39 is 0 Å². The first-order valence-corrected chi connectivity index (χ1v) is 7.16. The number of hydrogen-bond acceptors (Lipinski definition) is 3. The summed E-state index contributed by atoms with van der Waals surface area (Å²) in [5.41, 5.74) is 3.52. The summed E-state index contributed by atoms with van der Waals surface area (Å²) in [6.07, 6.45) is 5.93. The number of hydrogen-bond donors (Lipinski definition) is 1. The Morgan fingerprint density at radius 3 is 2.65 bits per heavy atom. The Bertz CT molecular complexity index is 523. The molecule has 0 bridgehead atoms. The zero-order valence-corrected chi connectivity index (χ0v) is 12.2. The van der Waals surface area contributed by atoms with Crippen molar-refractivity contribution in [1.29, 1.82) is 0 Å².